The van der Waals surface area contributed by atoms with Crippen LogP contribution >= 0.6 is 15.9 Å². The number of anilines is 3. The zero-order valence-electron chi connectivity index (χ0n) is 10.4. The molecule has 0 aliphatic rings. The van der Waals surface area contributed by atoms with Crippen molar-refractivity contribution in [1.82, 2.24) is 20.2 Å². The van der Waals surface area contributed by atoms with Crippen molar-refractivity contribution in [3.63, 3.8) is 0 Å². The molecule has 0 atom stereocenters. The predicted molar refractivity (Wildman–Crippen MR) is 78.2 cm³/mol. The lowest BCUT2D eigenvalue weighted by Gasteiger charge is -2.11. The third-order valence-electron chi connectivity index (χ3n) is 2.85. The van der Waals surface area contributed by atoms with E-state index < -0.39 is 0 Å². The number of nitrogen functional groups attached to an aromatic ring is 1. The van der Waals surface area contributed by atoms with Gasteiger partial charge in [0.2, 0.25) is 5.95 Å². The largest absolute Gasteiger partial charge is 0.368 e. The second-order valence-electron chi connectivity index (χ2n) is 4.27. The van der Waals surface area contributed by atoms with Gasteiger partial charge in [0.05, 0.1) is 16.1 Å². The molecule has 0 unspecified atom stereocenters. The maximum Gasteiger partial charge on any atom is 0.224 e. The summed E-state index contributed by atoms with van der Waals surface area (Å²) in [5.74, 6) is 0.328. The van der Waals surface area contributed by atoms with Crippen molar-refractivity contribution in [2.75, 3.05) is 11.1 Å². The molecule has 20 heavy (non-hydrogen) atoms. The first-order valence-corrected chi connectivity index (χ1v) is 6.53. The lowest BCUT2D eigenvalue weighted by molar-refractivity contribution is 0.620. The van der Waals surface area contributed by atoms with Crippen molar-refractivity contribution in [2.45, 2.75) is 6.92 Å². The van der Waals surface area contributed by atoms with Gasteiger partial charge in [-0.15, -0.1) is 0 Å². The van der Waals surface area contributed by atoms with E-state index in [4.69, 9.17) is 5.73 Å². The van der Waals surface area contributed by atoms with Gasteiger partial charge in [-0.3, -0.25) is 5.10 Å². The highest BCUT2D eigenvalue weighted by Gasteiger charge is 2.11. The number of nitrogens with zero attached hydrogens (tertiary/aromatic N) is 3. The molecular formula is C12H10BrFN6. The Morgan fingerprint density at radius 2 is 2.15 bits per heavy atom. The summed E-state index contributed by atoms with van der Waals surface area (Å²) in [6.07, 6.45) is 1.60. The van der Waals surface area contributed by atoms with Gasteiger partial charge in [-0.25, -0.2) is 4.39 Å². The zero-order valence-corrected chi connectivity index (χ0v) is 12.0. The third kappa shape index (κ3) is 2.18. The zero-order chi connectivity index (χ0) is 14.3. The number of rotatable bonds is 2. The lowest BCUT2D eigenvalue weighted by atomic mass is 10.2. The van der Waals surface area contributed by atoms with Crippen LogP contribution < -0.4 is 11.1 Å². The monoisotopic (exact) mass is 336 g/mol. The van der Waals surface area contributed by atoms with E-state index in [1.165, 1.54) is 6.07 Å². The number of aromatic amines is 1. The number of nitrogens with two attached hydrogens (primary N) is 1. The van der Waals surface area contributed by atoms with Crippen LogP contribution in [0.4, 0.5) is 21.8 Å². The molecular weight excluding hydrogens is 327 g/mol. The number of benzene rings is 1. The van der Waals surface area contributed by atoms with Crippen LogP contribution in [0.2, 0.25) is 0 Å². The van der Waals surface area contributed by atoms with Gasteiger partial charge in [-0.2, -0.15) is 15.1 Å². The quantitative estimate of drug-likeness (QED) is 0.669. The Morgan fingerprint density at radius 1 is 1.35 bits per heavy atom. The van der Waals surface area contributed by atoms with Gasteiger partial charge < -0.3 is 11.1 Å². The van der Waals surface area contributed by atoms with Crippen molar-refractivity contribution < 1.29 is 4.39 Å². The topological polar surface area (TPSA) is 92.5 Å². The average molecular weight is 337 g/mol. The van der Waals surface area contributed by atoms with Crippen LogP contribution in [-0.2, 0) is 0 Å². The van der Waals surface area contributed by atoms with E-state index in [1.54, 1.807) is 19.2 Å². The Bertz CT molecular complexity index is 800. The molecule has 3 rings (SSSR count). The minimum Gasteiger partial charge on any atom is -0.368 e. The van der Waals surface area contributed by atoms with Gasteiger partial charge in [-0.1, -0.05) is 0 Å². The van der Waals surface area contributed by atoms with E-state index in [9.17, 15) is 4.39 Å². The Balaban J connectivity index is 2.09. The van der Waals surface area contributed by atoms with Gasteiger partial charge in [0.15, 0.2) is 5.65 Å². The number of aryl methyl sites for hydroxylation is 1. The highest BCUT2D eigenvalue weighted by molar-refractivity contribution is 9.10. The van der Waals surface area contributed by atoms with E-state index in [1.807, 2.05) is 0 Å². The van der Waals surface area contributed by atoms with E-state index in [2.05, 4.69) is 41.4 Å². The highest BCUT2D eigenvalue weighted by atomic mass is 79.9. The third-order valence-corrected chi connectivity index (χ3v) is 3.46. The van der Waals surface area contributed by atoms with Crippen molar-refractivity contribution in [1.29, 1.82) is 0 Å². The molecule has 0 saturated carbocycles. The molecule has 8 heteroatoms. The van der Waals surface area contributed by atoms with Crippen molar-refractivity contribution in [3.8, 4) is 0 Å². The van der Waals surface area contributed by atoms with Crippen LogP contribution in [-0.4, -0.2) is 20.2 Å². The molecule has 0 aliphatic heterocycles. The van der Waals surface area contributed by atoms with E-state index in [-0.39, 0.29) is 11.8 Å². The molecule has 0 bridgehead atoms. The van der Waals surface area contributed by atoms with Gasteiger partial charge in [0.25, 0.3) is 0 Å². The van der Waals surface area contributed by atoms with Crippen LogP contribution in [0.3, 0.4) is 0 Å². The van der Waals surface area contributed by atoms with Gasteiger partial charge in [0, 0.05) is 5.69 Å². The molecule has 0 amide bonds. The number of nitrogens with one attached hydrogen (secondary N) is 2. The minimum atomic E-state index is -0.316. The smallest absolute Gasteiger partial charge is 0.224 e. The van der Waals surface area contributed by atoms with Crippen molar-refractivity contribution in [3.05, 3.63) is 34.2 Å². The van der Waals surface area contributed by atoms with Crippen LogP contribution in [0, 0.1) is 12.7 Å². The fourth-order valence-corrected chi connectivity index (χ4v) is 2.20. The average Bonchev–Trinajstić information content (AvgIpc) is 2.84. The molecule has 102 valence electrons. The number of H-pyrrole nitrogens is 1. The standard InChI is InChI=1S/C12H10BrFN6/c1-5-2-8(14)7(13)3-9(5)17-10-6-4-16-20-11(6)19-12(15)18-10/h2-4H,1H3,(H4,15,16,17,18,19,20). The molecule has 1 aromatic carbocycles. The Hall–Kier alpha value is -2.22. The Labute approximate surface area is 121 Å². The maximum atomic E-state index is 13.4. The minimum absolute atomic E-state index is 0.128. The molecule has 3 aromatic rings. The van der Waals surface area contributed by atoms with Gasteiger partial charge >= 0.3 is 0 Å². The van der Waals surface area contributed by atoms with Gasteiger partial charge in [-0.05, 0) is 40.5 Å². The molecule has 0 aliphatic carbocycles. The summed E-state index contributed by atoms with van der Waals surface area (Å²) in [4.78, 5) is 8.18. The summed E-state index contributed by atoms with van der Waals surface area (Å²) in [6, 6.07) is 3.08. The predicted octanol–water partition coefficient (Wildman–Crippen LogP) is 2.89. The van der Waals surface area contributed by atoms with Gasteiger partial charge in [0.1, 0.15) is 11.6 Å². The second-order valence-corrected chi connectivity index (χ2v) is 5.12. The number of hydrogen-bond acceptors (Lipinski definition) is 5. The summed E-state index contributed by atoms with van der Waals surface area (Å²) in [5.41, 5.74) is 7.66. The number of hydrogen-bond donors (Lipinski definition) is 3. The molecule has 0 radical (unpaired) electrons. The summed E-state index contributed by atoms with van der Waals surface area (Å²) in [7, 11) is 0. The maximum absolute atomic E-state index is 13.4. The van der Waals surface area contributed by atoms with Crippen LogP contribution in [0.15, 0.2) is 22.8 Å². The first kappa shape index (κ1) is 12.8. The molecule has 2 heterocycles. The van der Waals surface area contributed by atoms with E-state index >= 15 is 0 Å². The normalized spacial score (nSPS) is 10.9. The number of aromatic nitrogens is 4. The molecule has 2 aromatic heterocycles. The fourth-order valence-electron chi connectivity index (χ4n) is 1.86. The summed E-state index contributed by atoms with van der Waals surface area (Å²) in [5, 5.41) is 10.5. The molecule has 6 nitrogen and oxygen atoms in total. The van der Waals surface area contributed by atoms with Crippen LogP contribution in [0.1, 0.15) is 5.56 Å². The number of halogens is 2. The molecule has 0 fully saturated rings. The summed E-state index contributed by atoms with van der Waals surface area (Å²) < 4.78 is 13.8. The summed E-state index contributed by atoms with van der Waals surface area (Å²) >= 11 is 3.16. The SMILES string of the molecule is Cc1cc(F)c(Br)cc1Nc1nc(N)nc2[nH]ncc12. The lowest BCUT2D eigenvalue weighted by Crippen LogP contribution is -2.02. The molecule has 0 spiro atoms. The van der Waals surface area contributed by atoms with Crippen LogP contribution in [0.25, 0.3) is 11.0 Å². The molecule has 4 N–H and O–H groups in total. The Kier molecular flexibility index (Phi) is 3.01. The van der Waals surface area contributed by atoms with E-state index in [0.717, 1.165) is 11.3 Å². The van der Waals surface area contributed by atoms with Crippen molar-refractivity contribution >= 4 is 44.4 Å². The van der Waals surface area contributed by atoms with Crippen molar-refractivity contribution in [2.24, 2.45) is 0 Å². The van der Waals surface area contributed by atoms with Crippen LogP contribution in [0.5, 0.6) is 0 Å². The fraction of sp³-hybridized carbons (Fsp3) is 0.0833. The van der Waals surface area contributed by atoms with E-state index in [0.29, 0.717) is 21.3 Å². The number of fused-ring (bicyclic) bond motifs is 1. The highest BCUT2D eigenvalue weighted by Crippen LogP contribution is 2.28. The summed E-state index contributed by atoms with van der Waals surface area (Å²) in [6.45, 7) is 1.80. The second kappa shape index (κ2) is 4.71. The molecule has 0 saturated heterocycles. The Morgan fingerprint density at radius 3 is 2.95 bits per heavy atom. The first-order chi connectivity index (χ1) is 9.54. The first-order valence-electron chi connectivity index (χ1n) is 5.74.